The van der Waals surface area contributed by atoms with Crippen molar-refractivity contribution in [1.82, 2.24) is 10.1 Å². The van der Waals surface area contributed by atoms with Crippen molar-refractivity contribution >= 4 is 11.7 Å². The number of aliphatic imine (C=N–C) groups is 2. The molecule has 674 valence electrons. The van der Waals surface area contributed by atoms with Gasteiger partial charge >= 0.3 is 34.1 Å². The molecule has 0 aromatic carbocycles. The van der Waals surface area contributed by atoms with E-state index in [0.717, 1.165) is 146 Å². The van der Waals surface area contributed by atoms with Crippen LogP contribution in [0.5, 0.6) is 0 Å². The topological polar surface area (TPSA) is 527 Å². The summed E-state index contributed by atoms with van der Waals surface area (Å²) >= 11 is 0. The predicted molar refractivity (Wildman–Crippen MR) is 414 cm³/mol. The third-order valence-electron chi connectivity index (χ3n) is 22.5. The number of allylic oxidation sites excluding steroid dienone is 2. The Bertz CT molecular complexity index is 2400. The number of piperidine rings is 9. The molecular weight excluding hydrogens is 1690 g/mol. The number of aliphatic hydroxyl groups is 2. The van der Waals surface area contributed by atoms with E-state index in [9.17, 15) is 10.4 Å². The van der Waals surface area contributed by atoms with Gasteiger partial charge in [0.15, 0.2) is 0 Å². The molecule has 0 bridgehead atoms. The summed E-state index contributed by atoms with van der Waals surface area (Å²) in [5.74, 6) is 7.52. The maximum absolute atomic E-state index is 10.2. The first kappa shape index (κ1) is 123. The van der Waals surface area contributed by atoms with E-state index in [1.54, 1.807) is 0 Å². The van der Waals surface area contributed by atoms with Gasteiger partial charge < -0.3 is 111 Å². The molecule has 0 aromatic heterocycles. The average Bonchev–Trinajstić information content (AvgIpc) is 1.61. The second kappa shape index (κ2) is 64.8. The Morgan fingerprint density at radius 3 is 0.789 bits per heavy atom. The molecule has 0 amide bonds. The minimum atomic E-state index is -4.69. The number of hydrogen-bond acceptors (Lipinski definition) is 20. The van der Waals surface area contributed by atoms with Crippen molar-refractivity contribution < 1.29 is 147 Å². The van der Waals surface area contributed by atoms with E-state index in [1.807, 2.05) is 27.7 Å². The molecule has 9 fully saturated rings. The molecule has 30 nitrogen and oxygen atoms in total. The molecule has 9 saturated heterocycles. The van der Waals surface area contributed by atoms with Gasteiger partial charge in [0.2, 0.25) is 0 Å². The molecule has 0 spiro atoms. The van der Waals surface area contributed by atoms with Crippen LogP contribution in [-0.2, 0) is 68.3 Å². The van der Waals surface area contributed by atoms with E-state index < -0.39 is 20.5 Å². The third-order valence-corrected chi connectivity index (χ3v) is 22.5. The van der Waals surface area contributed by atoms with Crippen LogP contribution in [0.2, 0.25) is 0 Å². The maximum Gasteiger partial charge on any atom is 2.00 e. The average molecular weight is 1830 g/mol. The zero-order valence-corrected chi connectivity index (χ0v) is 76.5. The van der Waals surface area contributed by atoms with Crippen molar-refractivity contribution in [3.63, 3.8) is 0 Å². The Morgan fingerprint density at radius 2 is 0.605 bits per heavy atom. The Hall–Kier alpha value is -2.00. The number of halogens is 2. The van der Waals surface area contributed by atoms with E-state index in [4.69, 9.17) is 127 Å². The van der Waals surface area contributed by atoms with Gasteiger partial charge in [0.25, 0.3) is 0 Å². The number of hydrogen-bond donors (Lipinski definition) is 6. The van der Waals surface area contributed by atoms with Crippen molar-refractivity contribution in [2.75, 3.05) is 79.7 Å². The Kier molecular flexibility index (Phi) is 69.8. The van der Waals surface area contributed by atoms with Gasteiger partial charge in [-0.15, -0.1) is 71.5 Å². The van der Waals surface area contributed by atoms with Crippen molar-refractivity contribution in [3.05, 3.63) is 103 Å². The fraction of sp³-hybridized carbons (Fsp3) is 0.872. The Morgan fingerprint density at radius 1 is 0.386 bits per heavy atom. The molecule has 16 unspecified atom stereocenters. The minimum Gasteiger partial charge on any atom is -0.686 e. The molecule has 12 aliphatic heterocycles. The summed E-state index contributed by atoms with van der Waals surface area (Å²) in [6, 6.07) is 3.91. The van der Waals surface area contributed by atoms with Gasteiger partial charge in [0, 0.05) is 48.4 Å². The summed E-state index contributed by atoms with van der Waals surface area (Å²) in [4.78, 5) is 9.35. The van der Waals surface area contributed by atoms with Gasteiger partial charge in [-0.05, 0) is 104 Å². The van der Waals surface area contributed by atoms with Gasteiger partial charge in [-0.1, -0.05) is 207 Å². The number of aliphatic hydroxyl groups excluding tert-OH is 2. The minimum absolute atomic E-state index is 0. The smallest absolute Gasteiger partial charge is 0.686 e. The van der Waals surface area contributed by atoms with Crippen molar-refractivity contribution in [2.45, 2.75) is 316 Å². The molecule has 0 aliphatic carbocycles. The van der Waals surface area contributed by atoms with E-state index in [1.165, 1.54) is 137 Å². The van der Waals surface area contributed by atoms with Crippen LogP contribution >= 0.6 is 0 Å². The molecule has 114 heavy (non-hydrogen) atoms. The van der Waals surface area contributed by atoms with Crippen LogP contribution in [0.25, 0.3) is 53.2 Å². The molecule has 0 saturated carbocycles. The molecule has 2 radical (unpaired) electrons. The SMILES string of the molecule is CC1(C)N=C(C2CCCC[N-]2)N(O)C1(C)C.CC1(C)N=C(C2CCCC[N-]2)N(O)C1(C)C.CC1=CC[N-]C(C2CC(C)CC[N-]2)=C1.CC1CC[N-]C(C2CC(C)CC[N-]2)C1.CC1CC[N-]C(C2CC(C)CC[N-]2)C1.CC1CC[N-]C(C2CC(C)CC[N-]2)C1.CO.CO.[C-]#N.[C-]#N.[C-]#N.[C-]#N.[Cu+2].[Cu+2].[Fe].[Fe].[O-][Cl+3]([O-])([O-])O.[O-][Cl+3]([O-])([O-])O. The molecular formula is C78H138Cl2Cu2Fe2N18O12-10. The largest absolute Gasteiger partial charge is 2.00 e. The van der Waals surface area contributed by atoms with Crippen molar-refractivity contribution in [1.29, 1.82) is 21.0 Å². The van der Waals surface area contributed by atoms with Crippen LogP contribution in [0, 0.1) is 109 Å². The van der Waals surface area contributed by atoms with E-state index in [2.05, 4.69) is 126 Å². The summed E-state index contributed by atoms with van der Waals surface area (Å²) in [6.45, 7) is 64.0. The summed E-state index contributed by atoms with van der Waals surface area (Å²) in [5, 5.41) is 109. The second-order valence-electron chi connectivity index (χ2n) is 32.5. The van der Waals surface area contributed by atoms with Gasteiger partial charge in [-0.25, -0.2) is 10.1 Å². The second-order valence-corrected chi connectivity index (χ2v) is 34.0. The molecule has 6 N–H and O–H groups in total. The quantitative estimate of drug-likeness (QED) is 0.106. The normalized spacial score (nSPS) is 31.0. The fourth-order valence-electron chi connectivity index (χ4n) is 14.6. The van der Waals surface area contributed by atoms with Crippen molar-refractivity contribution in [3.8, 4) is 0 Å². The van der Waals surface area contributed by atoms with Crippen LogP contribution in [0.15, 0.2) is 33.4 Å². The van der Waals surface area contributed by atoms with E-state index >= 15 is 0 Å². The van der Waals surface area contributed by atoms with Gasteiger partial charge in [0.1, 0.15) is 11.7 Å². The third kappa shape index (κ3) is 47.4. The van der Waals surface area contributed by atoms with Crippen LogP contribution < -0.4 is 28.0 Å². The monoisotopic (exact) mass is 1830 g/mol. The standard InChI is InChI=1S/2C12H22N3O.3C12H22N2.C12H18N2.4CN.2CH4O.2ClHO4.2Cu.2Fe/c2*1-11(2)12(3,4)15(16)10(14-11)9-7-5-6-8-13-9;4*1-9-3-5-13-11(7-9)12-8-10(2)4-6-14-12;6*1-2;2*2-1(3,4)5;;;;/h2*9,16H,5-8H2,1-4H3;3*9-12H,3-8H2,1-2H3;3,7,10,12H,4-6,8H2,1-2H3;;;;;2*2H,1H3;2*(H,2,3,4,5);;;;/q2*-1;4*-2;4*-1;;;;;2*+2;;. The molecule has 0 aromatic rings. The maximum atomic E-state index is 10.2. The van der Waals surface area contributed by atoms with Crippen LogP contribution in [0.1, 0.15) is 239 Å². The number of rotatable bonds is 6. The van der Waals surface area contributed by atoms with Gasteiger partial charge in [0.05, 0.1) is 52.0 Å². The first-order valence-electron chi connectivity index (χ1n) is 39.0. The summed E-state index contributed by atoms with van der Waals surface area (Å²) in [6.07, 6.45) is 28.9. The molecule has 12 rings (SSSR count). The zero-order valence-electron chi connectivity index (χ0n) is 70.9. The van der Waals surface area contributed by atoms with E-state index in [0.29, 0.717) is 42.3 Å². The molecule has 12 aliphatic rings. The van der Waals surface area contributed by atoms with Crippen LogP contribution in [0.3, 0.4) is 0 Å². The fourth-order valence-corrected chi connectivity index (χ4v) is 14.6. The predicted octanol–water partition coefficient (Wildman–Crippen LogP) is 9.86. The molecule has 16 atom stereocenters. The van der Waals surface area contributed by atoms with Crippen LogP contribution in [-0.4, -0.2) is 208 Å². The first-order valence-corrected chi connectivity index (χ1v) is 41.6. The molecule has 36 heteroatoms. The summed E-state index contributed by atoms with van der Waals surface area (Å²) < 4.78 is 65.4. The van der Waals surface area contributed by atoms with E-state index in [-0.39, 0.29) is 103 Å². The van der Waals surface area contributed by atoms with Gasteiger partial charge in [-0.3, -0.25) is 20.4 Å². The van der Waals surface area contributed by atoms with Crippen LogP contribution in [0.4, 0.5) is 0 Å². The summed E-state index contributed by atoms with van der Waals surface area (Å²) in [7, 11) is -7.39. The number of nitrogens with zero attached hydrogens (tertiary/aromatic N) is 18. The van der Waals surface area contributed by atoms with Crippen molar-refractivity contribution in [2.24, 2.45) is 51.4 Å². The number of amidine groups is 2. The molecule has 12 heterocycles. The first-order chi connectivity index (χ1) is 51.7. The Labute approximate surface area is 734 Å². The van der Waals surface area contributed by atoms with Gasteiger partial charge in [-0.2, -0.15) is 69.9 Å². The summed E-state index contributed by atoms with van der Waals surface area (Å²) in [5.41, 5.74) is 1.32. The number of hydroxylamine groups is 4. The zero-order chi connectivity index (χ0) is 84.8. The Balaban J connectivity index is -0.000000290.